The zero-order chi connectivity index (χ0) is 27.0. The van der Waals surface area contributed by atoms with Crippen LogP contribution in [0.4, 0.5) is 30.2 Å². The smallest absolute Gasteiger partial charge is 0.417 e. The van der Waals surface area contributed by atoms with E-state index in [1.165, 1.54) is 6.07 Å². The molecule has 2 aromatic carbocycles. The summed E-state index contributed by atoms with van der Waals surface area (Å²) in [5.41, 5.74) is 0.752. The van der Waals surface area contributed by atoms with Crippen molar-refractivity contribution in [2.45, 2.75) is 32.7 Å². The molecular formula is C25H27ClF3N3O4S. The van der Waals surface area contributed by atoms with Crippen LogP contribution in [0.5, 0.6) is 5.75 Å². The van der Waals surface area contributed by atoms with Crippen molar-refractivity contribution < 1.29 is 30.9 Å². The molecule has 0 saturated heterocycles. The highest BCUT2D eigenvalue weighted by Crippen LogP contribution is 2.47. The van der Waals surface area contributed by atoms with Crippen LogP contribution >= 0.6 is 11.6 Å². The minimum Gasteiger partial charge on any atom is -0.748 e. The van der Waals surface area contributed by atoms with Gasteiger partial charge < -0.3 is 19.1 Å². The van der Waals surface area contributed by atoms with Crippen LogP contribution in [0.3, 0.4) is 0 Å². The topological polar surface area (TPSA) is 79.7 Å². The monoisotopic (exact) mass is 557 g/mol. The molecule has 2 aliphatic rings. The fourth-order valence-corrected chi connectivity index (χ4v) is 5.40. The fourth-order valence-electron chi connectivity index (χ4n) is 4.66. The van der Waals surface area contributed by atoms with Gasteiger partial charge in [-0.15, -0.1) is 0 Å². The Hall–Kier alpha value is -2.89. The van der Waals surface area contributed by atoms with Gasteiger partial charge in [-0.05, 0) is 44.5 Å². The second-order valence-corrected chi connectivity index (χ2v) is 10.5. The maximum atomic E-state index is 13.6. The third-order valence-corrected chi connectivity index (χ3v) is 7.35. The van der Waals surface area contributed by atoms with Crippen LogP contribution in [-0.4, -0.2) is 49.3 Å². The summed E-state index contributed by atoms with van der Waals surface area (Å²) in [4.78, 5) is 5.52. The van der Waals surface area contributed by atoms with Crippen molar-refractivity contribution in [2.24, 2.45) is 0 Å². The Balaban J connectivity index is 1.69. The summed E-state index contributed by atoms with van der Waals surface area (Å²) >= 11 is 6.00. The first-order valence-electron chi connectivity index (χ1n) is 11.8. The Morgan fingerprint density at radius 3 is 2.43 bits per heavy atom. The van der Waals surface area contributed by atoms with E-state index >= 15 is 0 Å². The number of likely N-dealkylation sites (N-methyl/N-ethyl adjacent to an activating group) is 1. The van der Waals surface area contributed by atoms with Crippen LogP contribution in [0.15, 0.2) is 60.4 Å². The maximum Gasteiger partial charge on any atom is 0.417 e. The Labute approximate surface area is 219 Å². The number of hydrogen-bond acceptors (Lipinski definition) is 6. The van der Waals surface area contributed by atoms with Crippen molar-refractivity contribution in [3.63, 3.8) is 0 Å². The van der Waals surface area contributed by atoms with E-state index in [2.05, 4.69) is 4.90 Å². The van der Waals surface area contributed by atoms with Gasteiger partial charge in [0.2, 0.25) is 0 Å². The molecule has 0 aromatic heterocycles. The predicted molar refractivity (Wildman–Crippen MR) is 138 cm³/mol. The lowest BCUT2D eigenvalue weighted by atomic mass is 10.1. The molecule has 1 N–H and O–H groups in total. The number of hydrogen-bond donors (Lipinski definition) is 0. The van der Waals surface area contributed by atoms with E-state index in [-0.39, 0.29) is 24.9 Å². The molecule has 200 valence electrons. The summed E-state index contributed by atoms with van der Waals surface area (Å²) in [6, 6.07) is 10.0. The molecule has 1 unspecified atom stereocenters. The minimum absolute atomic E-state index is 0.0316. The second kappa shape index (κ2) is 10.5. The zero-order valence-corrected chi connectivity index (χ0v) is 21.8. The highest BCUT2D eigenvalue weighted by atomic mass is 35.5. The molecule has 0 bridgehead atoms. The summed E-state index contributed by atoms with van der Waals surface area (Å²) in [7, 11) is -4.47. The number of benzene rings is 2. The molecule has 2 heterocycles. The van der Waals surface area contributed by atoms with Crippen LogP contribution in [0.1, 0.15) is 25.8 Å². The second-order valence-electron chi connectivity index (χ2n) is 8.56. The van der Waals surface area contributed by atoms with E-state index in [1.807, 2.05) is 44.2 Å². The summed E-state index contributed by atoms with van der Waals surface area (Å²) in [6.07, 6.45) is 0.469. The Kier molecular flexibility index (Phi) is 7.68. The average molecular weight is 558 g/mol. The quantitative estimate of drug-likeness (QED) is 0.317. The lowest BCUT2D eigenvalue weighted by Crippen LogP contribution is -2.31. The summed E-state index contributed by atoms with van der Waals surface area (Å²) in [6.45, 7) is 5.06. The number of allylic oxidation sites excluding steroid dienone is 2. The van der Waals surface area contributed by atoms with E-state index in [0.29, 0.717) is 18.1 Å². The molecule has 37 heavy (non-hydrogen) atoms. The Morgan fingerprint density at radius 2 is 1.78 bits per heavy atom. The molecule has 1 atom stereocenters. The fraction of sp³-hybridized carbons (Fsp3) is 0.360. The van der Waals surface area contributed by atoms with Crippen LogP contribution < -0.4 is 14.7 Å². The molecule has 0 spiro atoms. The SMILES string of the molecule is CCN1/C(=C\C=C\C2[OH+]c3ccccc3N2CC)N(CCCS(=O)(=O)[O-])c2cc(C(F)(F)F)c(Cl)cc21. The van der Waals surface area contributed by atoms with Crippen molar-refractivity contribution >= 4 is 38.8 Å². The van der Waals surface area contributed by atoms with Crippen LogP contribution in [0.25, 0.3) is 0 Å². The Morgan fingerprint density at radius 1 is 1.08 bits per heavy atom. The van der Waals surface area contributed by atoms with E-state index in [4.69, 9.17) is 16.3 Å². The van der Waals surface area contributed by atoms with Crippen molar-refractivity contribution in [2.75, 3.05) is 40.1 Å². The van der Waals surface area contributed by atoms with E-state index in [9.17, 15) is 26.1 Å². The van der Waals surface area contributed by atoms with Crippen LogP contribution in [0, 0.1) is 0 Å². The molecular weight excluding hydrogens is 531 g/mol. The van der Waals surface area contributed by atoms with Gasteiger partial charge in [0.1, 0.15) is 11.5 Å². The van der Waals surface area contributed by atoms with Crippen molar-refractivity contribution in [1.82, 2.24) is 0 Å². The number of aromatic hydroxyl groups is 1. The third kappa shape index (κ3) is 5.68. The highest BCUT2D eigenvalue weighted by molar-refractivity contribution is 7.85. The summed E-state index contributed by atoms with van der Waals surface area (Å²) in [5.74, 6) is 0.800. The van der Waals surface area contributed by atoms with Gasteiger partial charge in [0.15, 0.2) is 0 Å². The van der Waals surface area contributed by atoms with Gasteiger partial charge in [0, 0.05) is 37.5 Å². The number of aliphatic hydroxyl groups is 1. The summed E-state index contributed by atoms with van der Waals surface area (Å²) in [5, 5.41) is -0.426. The number of para-hydroxylation sites is 2. The first kappa shape index (κ1) is 27.2. The van der Waals surface area contributed by atoms with Crippen molar-refractivity contribution in [3.8, 4) is 5.75 Å². The number of halogens is 4. The van der Waals surface area contributed by atoms with Gasteiger partial charge in [0.25, 0.3) is 12.0 Å². The first-order valence-corrected chi connectivity index (χ1v) is 13.7. The van der Waals surface area contributed by atoms with Gasteiger partial charge in [-0.1, -0.05) is 29.8 Å². The number of rotatable bonds is 8. The number of alkyl halides is 3. The van der Waals surface area contributed by atoms with E-state index in [1.54, 1.807) is 22.0 Å². The lowest BCUT2D eigenvalue weighted by molar-refractivity contribution is -0.137. The molecule has 2 aromatic rings. The third-order valence-electron chi connectivity index (χ3n) is 6.25. The first-order chi connectivity index (χ1) is 17.4. The molecule has 0 aliphatic carbocycles. The van der Waals surface area contributed by atoms with E-state index in [0.717, 1.165) is 24.0 Å². The van der Waals surface area contributed by atoms with Gasteiger partial charge in [-0.3, -0.25) is 4.90 Å². The molecule has 4 rings (SSSR count). The van der Waals surface area contributed by atoms with Gasteiger partial charge in [-0.2, -0.15) is 13.2 Å². The van der Waals surface area contributed by atoms with Crippen LogP contribution in [0.2, 0.25) is 5.02 Å². The number of fused-ring (bicyclic) bond motifs is 2. The molecule has 7 nitrogen and oxygen atoms in total. The number of anilines is 3. The number of ether oxygens (including phenoxy) is 1. The normalized spacial score (nSPS) is 18.6. The lowest BCUT2D eigenvalue weighted by Gasteiger charge is -2.25. The molecule has 2 aliphatic heterocycles. The molecule has 0 amide bonds. The molecule has 0 saturated carbocycles. The highest BCUT2D eigenvalue weighted by Gasteiger charge is 2.38. The zero-order valence-electron chi connectivity index (χ0n) is 20.2. The standard InChI is InChI=1S/C25H27ClF3N3O4S/c1-3-30-21-16-18(26)17(25(27,28)29)15-20(21)32(13-8-14-37(33,34)35)23(30)11-7-12-24-31(4-2)19-9-5-6-10-22(19)36-24/h5-7,9-12,15-16,24H,3-4,8,13-14H2,1-2H3,(H,33,34,35)/b12-7+,23-11+. The molecule has 12 heteroatoms. The predicted octanol–water partition coefficient (Wildman–Crippen LogP) is 5.45. The van der Waals surface area contributed by atoms with Crippen molar-refractivity contribution in [1.29, 1.82) is 0 Å². The van der Waals surface area contributed by atoms with Gasteiger partial charge in [0.05, 0.1) is 32.1 Å². The van der Waals surface area contributed by atoms with Crippen LogP contribution in [-0.2, 0) is 16.3 Å². The molecule has 0 fully saturated rings. The van der Waals surface area contributed by atoms with Crippen molar-refractivity contribution in [3.05, 3.63) is 71.0 Å². The van der Waals surface area contributed by atoms with Gasteiger partial charge >= 0.3 is 6.18 Å². The maximum absolute atomic E-state index is 13.6. The van der Waals surface area contributed by atoms with Gasteiger partial charge in [-0.25, -0.2) is 8.42 Å². The largest absolute Gasteiger partial charge is 0.748 e. The average Bonchev–Trinajstić information content (AvgIpc) is 3.31. The van der Waals surface area contributed by atoms with E-state index < -0.39 is 32.6 Å². The summed E-state index contributed by atoms with van der Waals surface area (Å²) < 4.78 is 79.0. The minimum atomic E-state index is -4.66. The number of nitrogens with zero attached hydrogens (tertiary/aromatic N) is 3. The molecule has 0 radical (unpaired) electrons. The Bertz CT molecular complexity index is 1330.